The lowest BCUT2D eigenvalue weighted by molar-refractivity contribution is 0.130. The summed E-state index contributed by atoms with van der Waals surface area (Å²) >= 11 is 0. The van der Waals surface area contributed by atoms with Gasteiger partial charge in [-0.2, -0.15) is 0 Å². The van der Waals surface area contributed by atoms with Crippen molar-refractivity contribution in [1.29, 1.82) is 0 Å². The molecule has 3 nitrogen and oxygen atoms in total. The average Bonchev–Trinajstić information content (AvgIpc) is 2.56. The Kier molecular flexibility index (Phi) is 5.85. The fourth-order valence-corrected chi connectivity index (χ4v) is 2.51. The van der Waals surface area contributed by atoms with E-state index >= 15 is 0 Å². The van der Waals surface area contributed by atoms with Crippen LogP contribution in [0.4, 0.5) is 13.2 Å². The third-order valence-corrected chi connectivity index (χ3v) is 3.95. The molecule has 2 rings (SSSR count). The average molecular weight is 339 g/mol. The summed E-state index contributed by atoms with van der Waals surface area (Å²) in [5.74, 6) is -2.29. The maximum absolute atomic E-state index is 13.5. The van der Waals surface area contributed by atoms with E-state index in [0.717, 1.165) is 17.7 Å². The van der Waals surface area contributed by atoms with E-state index in [1.54, 1.807) is 19.1 Å². The Hall–Kier alpha value is -2.05. The van der Waals surface area contributed by atoms with Gasteiger partial charge < -0.3 is 15.2 Å². The Morgan fingerprint density at radius 1 is 0.917 bits per heavy atom. The summed E-state index contributed by atoms with van der Waals surface area (Å²) in [6.07, 6.45) is -1.02. The summed E-state index contributed by atoms with van der Waals surface area (Å²) in [5, 5.41) is 13.5. The summed E-state index contributed by atoms with van der Waals surface area (Å²) in [4.78, 5) is 0. The lowest BCUT2D eigenvalue weighted by Crippen LogP contribution is -2.34. The molecular weight excluding hydrogens is 319 g/mol. The van der Waals surface area contributed by atoms with Crippen LogP contribution in [-0.2, 0) is 0 Å². The van der Waals surface area contributed by atoms with E-state index in [-0.39, 0.29) is 17.4 Å². The van der Waals surface area contributed by atoms with Crippen molar-refractivity contribution >= 4 is 0 Å². The molecule has 24 heavy (non-hydrogen) atoms. The smallest absolute Gasteiger partial charge is 0.165 e. The van der Waals surface area contributed by atoms with Crippen molar-refractivity contribution in [2.45, 2.75) is 32.0 Å². The predicted octanol–water partition coefficient (Wildman–Crippen LogP) is 3.89. The van der Waals surface area contributed by atoms with Crippen LogP contribution in [0.2, 0.25) is 0 Å². The fourth-order valence-electron chi connectivity index (χ4n) is 2.51. The lowest BCUT2D eigenvalue weighted by Gasteiger charge is -2.25. The second kappa shape index (κ2) is 7.68. The molecule has 2 aromatic rings. The van der Waals surface area contributed by atoms with Gasteiger partial charge in [-0.25, -0.2) is 13.2 Å². The normalized spacial score (nSPS) is 15.0. The highest BCUT2D eigenvalue weighted by molar-refractivity contribution is 5.32. The molecule has 0 bridgehead atoms. The van der Waals surface area contributed by atoms with Crippen LogP contribution in [0, 0.1) is 17.5 Å². The Balaban J connectivity index is 2.10. The van der Waals surface area contributed by atoms with Crippen molar-refractivity contribution in [3.05, 3.63) is 65.0 Å². The van der Waals surface area contributed by atoms with E-state index in [4.69, 9.17) is 4.74 Å². The molecule has 2 aromatic carbocycles. The molecule has 0 fully saturated rings. The molecule has 0 saturated carbocycles. The number of ether oxygens (including phenoxy) is 1. The maximum Gasteiger partial charge on any atom is 0.165 e. The van der Waals surface area contributed by atoms with Crippen LogP contribution in [-0.4, -0.2) is 18.3 Å². The molecule has 0 spiro atoms. The lowest BCUT2D eigenvalue weighted by atomic mass is 10.0. The first kappa shape index (κ1) is 18.3. The number of rotatable bonds is 6. The van der Waals surface area contributed by atoms with Crippen LogP contribution in [0.25, 0.3) is 0 Å². The summed E-state index contributed by atoms with van der Waals surface area (Å²) in [7, 11) is 1.38. The van der Waals surface area contributed by atoms with Gasteiger partial charge in [0.1, 0.15) is 0 Å². The molecule has 0 aliphatic rings. The highest BCUT2D eigenvalue weighted by atomic mass is 19.2. The third-order valence-electron chi connectivity index (χ3n) is 3.95. The van der Waals surface area contributed by atoms with Crippen molar-refractivity contribution in [3.8, 4) is 5.75 Å². The summed E-state index contributed by atoms with van der Waals surface area (Å²) in [6.45, 7) is 3.57. The molecule has 0 heterocycles. The molecule has 0 saturated heterocycles. The van der Waals surface area contributed by atoms with E-state index in [1.807, 2.05) is 6.92 Å². The molecule has 0 aliphatic carbocycles. The first-order valence-corrected chi connectivity index (χ1v) is 7.56. The molecule has 0 radical (unpaired) electrons. The van der Waals surface area contributed by atoms with Crippen molar-refractivity contribution < 1.29 is 23.0 Å². The fraction of sp³-hybridized carbons (Fsp3) is 0.333. The minimum atomic E-state index is -1.02. The van der Waals surface area contributed by atoms with E-state index in [1.165, 1.54) is 19.2 Å². The Morgan fingerprint density at radius 2 is 1.54 bits per heavy atom. The molecule has 3 atom stereocenters. The van der Waals surface area contributed by atoms with Crippen LogP contribution in [0.15, 0.2) is 36.4 Å². The topological polar surface area (TPSA) is 41.5 Å². The highest BCUT2D eigenvalue weighted by Crippen LogP contribution is 2.25. The monoisotopic (exact) mass is 339 g/mol. The number of hydrogen-bond donors (Lipinski definition) is 2. The van der Waals surface area contributed by atoms with E-state index in [0.29, 0.717) is 0 Å². The zero-order valence-electron chi connectivity index (χ0n) is 13.7. The number of methoxy groups -OCH3 is 1. The minimum Gasteiger partial charge on any atom is -0.494 e. The van der Waals surface area contributed by atoms with Crippen molar-refractivity contribution in [2.75, 3.05) is 7.11 Å². The van der Waals surface area contributed by atoms with Gasteiger partial charge in [0, 0.05) is 12.1 Å². The van der Waals surface area contributed by atoms with Crippen molar-refractivity contribution in [2.24, 2.45) is 0 Å². The SMILES string of the molecule is COc1cc(C(C)NC(C)C(O)c2ccc(F)c(F)c2)ccc1F. The maximum atomic E-state index is 13.5. The van der Waals surface area contributed by atoms with Gasteiger partial charge in [0.15, 0.2) is 23.2 Å². The molecule has 130 valence electrons. The van der Waals surface area contributed by atoms with Gasteiger partial charge in [-0.1, -0.05) is 12.1 Å². The predicted molar refractivity (Wildman–Crippen MR) is 85.3 cm³/mol. The quantitative estimate of drug-likeness (QED) is 0.839. The molecule has 6 heteroatoms. The molecule has 0 amide bonds. The zero-order valence-corrected chi connectivity index (χ0v) is 13.7. The minimum absolute atomic E-state index is 0.134. The first-order chi connectivity index (χ1) is 11.3. The Morgan fingerprint density at radius 3 is 2.17 bits per heavy atom. The van der Waals surface area contributed by atoms with Gasteiger partial charge in [-0.15, -0.1) is 0 Å². The number of nitrogens with one attached hydrogen (secondary N) is 1. The van der Waals surface area contributed by atoms with Gasteiger partial charge in [0.05, 0.1) is 13.2 Å². The zero-order chi connectivity index (χ0) is 17.9. The number of aliphatic hydroxyl groups excluding tert-OH is 1. The van der Waals surface area contributed by atoms with E-state index in [9.17, 15) is 18.3 Å². The Labute approximate surface area is 139 Å². The molecule has 0 aromatic heterocycles. The Bertz CT molecular complexity index is 709. The number of aliphatic hydroxyl groups is 1. The second-order valence-electron chi connectivity index (χ2n) is 5.69. The highest BCUT2D eigenvalue weighted by Gasteiger charge is 2.20. The molecule has 0 aliphatic heterocycles. The summed E-state index contributed by atoms with van der Waals surface area (Å²) < 4.78 is 44.7. The van der Waals surface area contributed by atoms with Gasteiger partial charge in [0.2, 0.25) is 0 Å². The summed E-state index contributed by atoms with van der Waals surface area (Å²) in [5.41, 5.74) is 1.05. The first-order valence-electron chi connectivity index (χ1n) is 7.56. The van der Waals surface area contributed by atoms with Crippen LogP contribution in [0.1, 0.15) is 37.1 Å². The van der Waals surface area contributed by atoms with Crippen LogP contribution in [0.5, 0.6) is 5.75 Å². The third kappa shape index (κ3) is 4.07. The van der Waals surface area contributed by atoms with Crippen LogP contribution in [0.3, 0.4) is 0 Å². The van der Waals surface area contributed by atoms with Gasteiger partial charge in [0.25, 0.3) is 0 Å². The largest absolute Gasteiger partial charge is 0.494 e. The van der Waals surface area contributed by atoms with E-state index in [2.05, 4.69) is 5.32 Å². The number of hydrogen-bond acceptors (Lipinski definition) is 3. The van der Waals surface area contributed by atoms with Gasteiger partial charge >= 0.3 is 0 Å². The van der Waals surface area contributed by atoms with Crippen LogP contribution >= 0.6 is 0 Å². The number of benzene rings is 2. The van der Waals surface area contributed by atoms with Crippen molar-refractivity contribution in [3.63, 3.8) is 0 Å². The van der Waals surface area contributed by atoms with E-state index < -0.39 is 29.6 Å². The standard InChI is InChI=1S/C18H20F3NO2/c1-10(12-4-7-15(20)17(9-12)24-3)22-11(2)18(23)13-5-6-14(19)16(21)8-13/h4-11,18,22-23H,1-3H3. The molecule has 3 unspecified atom stereocenters. The summed E-state index contributed by atoms with van der Waals surface area (Å²) in [6, 6.07) is 7.14. The second-order valence-corrected chi connectivity index (χ2v) is 5.69. The number of halogens is 3. The van der Waals surface area contributed by atoms with Gasteiger partial charge in [-0.05, 0) is 49.2 Å². The van der Waals surface area contributed by atoms with Gasteiger partial charge in [-0.3, -0.25) is 0 Å². The molecular formula is C18H20F3NO2. The van der Waals surface area contributed by atoms with Crippen LogP contribution < -0.4 is 10.1 Å². The molecule has 2 N–H and O–H groups in total. The van der Waals surface area contributed by atoms with Crippen molar-refractivity contribution in [1.82, 2.24) is 5.32 Å².